The zero-order valence-corrected chi connectivity index (χ0v) is 25.7. The Balaban J connectivity index is 1.47. The standard InChI is InChI=1S/C24H31ClFN7O6SSi/c1-15-18-7-6-17(38-23-29-22(25)30-33(23)14-37-10-11-41(3,4)5)12-19(18)39-24(34)32(15)13-16-8-9-28-21(20(16)26)31-40(35,36)27-2/h6-9,12,15,27H,10-11,13-14H2,1-5H3,(H,28,31). The Morgan fingerprint density at radius 2 is 2.00 bits per heavy atom. The van der Waals surface area contributed by atoms with Gasteiger partial charge >= 0.3 is 12.1 Å². The van der Waals surface area contributed by atoms with Crippen molar-refractivity contribution in [1.29, 1.82) is 0 Å². The first-order valence-corrected chi connectivity index (χ1v) is 18.2. The molecule has 1 aromatic carbocycles. The highest BCUT2D eigenvalue weighted by Crippen LogP contribution is 2.39. The molecule has 222 valence electrons. The van der Waals surface area contributed by atoms with Crippen LogP contribution < -0.4 is 18.9 Å². The van der Waals surface area contributed by atoms with Gasteiger partial charge < -0.3 is 14.2 Å². The van der Waals surface area contributed by atoms with E-state index in [1.807, 2.05) is 9.44 Å². The molecule has 0 bridgehead atoms. The van der Waals surface area contributed by atoms with Crippen LogP contribution in [0, 0.1) is 5.82 Å². The van der Waals surface area contributed by atoms with Crippen LogP contribution in [0.1, 0.15) is 24.1 Å². The van der Waals surface area contributed by atoms with Gasteiger partial charge in [0.05, 0.1) is 12.6 Å². The van der Waals surface area contributed by atoms with Crippen LogP contribution in [0.4, 0.5) is 15.0 Å². The van der Waals surface area contributed by atoms with Gasteiger partial charge in [0, 0.05) is 45.1 Å². The third-order valence-electron chi connectivity index (χ3n) is 6.18. The smallest absolute Gasteiger partial charge is 0.416 e. The van der Waals surface area contributed by atoms with Crippen LogP contribution in [0.3, 0.4) is 0 Å². The van der Waals surface area contributed by atoms with E-state index in [-0.39, 0.29) is 35.9 Å². The number of hydrogen-bond donors (Lipinski definition) is 2. The number of nitrogens with one attached hydrogen (secondary N) is 2. The molecule has 2 N–H and O–H groups in total. The molecule has 0 spiro atoms. The van der Waals surface area contributed by atoms with Gasteiger partial charge in [0.2, 0.25) is 5.28 Å². The van der Waals surface area contributed by atoms with Crippen molar-refractivity contribution in [2.24, 2.45) is 0 Å². The number of ether oxygens (including phenoxy) is 3. The highest BCUT2D eigenvalue weighted by Gasteiger charge is 2.33. The van der Waals surface area contributed by atoms with Crippen molar-refractivity contribution in [1.82, 2.24) is 29.4 Å². The monoisotopic (exact) mass is 627 g/mol. The number of carbonyl (C=O) groups excluding carboxylic acids is 1. The molecule has 17 heteroatoms. The summed E-state index contributed by atoms with van der Waals surface area (Å²) in [5, 5.41) is 4.10. The lowest BCUT2D eigenvalue weighted by atomic mass is 10.0. The summed E-state index contributed by atoms with van der Waals surface area (Å²) < 4.78 is 61.2. The van der Waals surface area contributed by atoms with Gasteiger partial charge in [0.1, 0.15) is 18.2 Å². The molecule has 4 rings (SSSR count). The minimum absolute atomic E-state index is 0.00675. The lowest BCUT2D eigenvalue weighted by Gasteiger charge is -2.34. The topological polar surface area (TPSA) is 150 Å². The largest absolute Gasteiger partial charge is 0.424 e. The highest BCUT2D eigenvalue weighted by molar-refractivity contribution is 7.90. The molecule has 2 aromatic heterocycles. The van der Waals surface area contributed by atoms with Crippen LogP contribution in [0.5, 0.6) is 17.5 Å². The van der Waals surface area contributed by atoms with E-state index in [0.29, 0.717) is 17.9 Å². The van der Waals surface area contributed by atoms with Crippen molar-refractivity contribution in [2.45, 2.75) is 51.9 Å². The van der Waals surface area contributed by atoms with Gasteiger partial charge in [-0.1, -0.05) is 19.6 Å². The minimum atomic E-state index is -3.99. The molecular formula is C24H31ClFN7O6SSi. The Labute approximate surface area is 243 Å². The fourth-order valence-corrected chi connectivity index (χ4v) is 5.25. The summed E-state index contributed by atoms with van der Waals surface area (Å²) in [5.41, 5.74) is 0.695. The molecule has 1 amide bonds. The van der Waals surface area contributed by atoms with E-state index in [4.69, 9.17) is 25.8 Å². The van der Waals surface area contributed by atoms with Crippen LogP contribution in [-0.4, -0.2) is 60.9 Å². The summed E-state index contributed by atoms with van der Waals surface area (Å²) in [4.78, 5) is 22.1. The second kappa shape index (κ2) is 12.3. The van der Waals surface area contributed by atoms with E-state index in [0.717, 1.165) is 6.04 Å². The van der Waals surface area contributed by atoms with Gasteiger partial charge in [-0.15, -0.1) is 5.10 Å². The van der Waals surface area contributed by atoms with E-state index >= 15 is 4.39 Å². The fraction of sp³-hybridized carbons (Fsp3) is 0.417. The molecule has 41 heavy (non-hydrogen) atoms. The summed E-state index contributed by atoms with van der Waals surface area (Å²) in [6.45, 7) is 9.02. The lowest BCUT2D eigenvalue weighted by molar-refractivity contribution is 0.0729. The van der Waals surface area contributed by atoms with Crippen LogP contribution in [0.15, 0.2) is 30.5 Å². The van der Waals surface area contributed by atoms with Crippen molar-refractivity contribution in [3.05, 3.63) is 52.7 Å². The Morgan fingerprint density at radius 1 is 1.24 bits per heavy atom. The number of pyridine rings is 1. The lowest BCUT2D eigenvalue weighted by Crippen LogP contribution is -2.39. The number of amides is 1. The maximum absolute atomic E-state index is 15.0. The predicted molar refractivity (Wildman–Crippen MR) is 151 cm³/mol. The molecule has 1 aliphatic rings. The van der Waals surface area contributed by atoms with E-state index in [9.17, 15) is 13.2 Å². The number of anilines is 1. The Hall–Kier alpha value is -3.31. The number of nitrogens with zero attached hydrogens (tertiary/aromatic N) is 5. The van der Waals surface area contributed by atoms with Crippen molar-refractivity contribution < 1.29 is 31.8 Å². The molecule has 0 radical (unpaired) electrons. The fourth-order valence-electron chi connectivity index (χ4n) is 3.83. The van der Waals surface area contributed by atoms with Gasteiger partial charge in [-0.05, 0) is 42.8 Å². The summed E-state index contributed by atoms with van der Waals surface area (Å²) in [6.07, 6.45) is 0.518. The minimum Gasteiger partial charge on any atom is -0.424 e. The number of carbonyl (C=O) groups is 1. The predicted octanol–water partition coefficient (Wildman–Crippen LogP) is 4.52. The van der Waals surface area contributed by atoms with Gasteiger partial charge in [0.15, 0.2) is 11.6 Å². The average Bonchev–Trinajstić information content (AvgIpc) is 3.24. The van der Waals surface area contributed by atoms with Crippen LogP contribution in [-0.2, 0) is 28.2 Å². The zero-order valence-electron chi connectivity index (χ0n) is 23.1. The molecule has 3 heterocycles. The van der Waals surface area contributed by atoms with E-state index in [2.05, 4.69) is 34.7 Å². The number of aromatic nitrogens is 4. The van der Waals surface area contributed by atoms with E-state index in [1.54, 1.807) is 19.1 Å². The second-order valence-corrected chi connectivity index (χ2v) is 18.0. The first-order chi connectivity index (χ1) is 19.3. The van der Waals surface area contributed by atoms with Crippen molar-refractivity contribution in [2.75, 3.05) is 18.4 Å². The Kier molecular flexibility index (Phi) is 9.18. The summed E-state index contributed by atoms with van der Waals surface area (Å²) in [7, 11) is -4.07. The SMILES string of the molecule is CNS(=O)(=O)Nc1nccc(CN2C(=O)Oc3cc(Oc4nc(Cl)nn4COCC[Si](C)(C)C)ccc3C2C)c1F. The third-order valence-corrected chi connectivity index (χ3v) is 9.04. The molecule has 0 saturated heterocycles. The second-order valence-electron chi connectivity index (χ2n) is 10.4. The number of rotatable bonds is 12. The van der Waals surface area contributed by atoms with Crippen molar-refractivity contribution in [3.63, 3.8) is 0 Å². The van der Waals surface area contributed by atoms with Gasteiger partial charge in [-0.2, -0.15) is 18.1 Å². The van der Waals surface area contributed by atoms with Crippen molar-refractivity contribution in [3.8, 4) is 17.5 Å². The summed E-state index contributed by atoms with van der Waals surface area (Å²) in [5.74, 6) is -0.816. The van der Waals surface area contributed by atoms with Gasteiger partial charge in [-0.25, -0.2) is 18.9 Å². The number of fused-ring (bicyclic) bond motifs is 1. The molecule has 1 aliphatic heterocycles. The maximum atomic E-state index is 15.0. The first kappa shape index (κ1) is 30.6. The van der Waals surface area contributed by atoms with Gasteiger partial charge in [-0.3, -0.25) is 9.62 Å². The number of hydrogen-bond acceptors (Lipinski definition) is 9. The zero-order chi connectivity index (χ0) is 29.9. The van der Waals surface area contributed by atoms with E-state index in [1.165, 1.54) is 35.0 Å². The highest BCUT2D eigenvalue weighted by atomic mass is 35.5. The molecular weight excluding hydrogens is 597 g/mol. The normalized spacial score (nSPS) is 15.4. The van der Waals surface area contributed by atoms with Crippen LogP contribution in [0.25, 0.3) is 0 Å². The Bertz CT molecular complexity index is 1540. The summed E-state index contributed by atoms with van der Waals surface area (Å²) in [6, 6.07) is 6.87. The number of benzene rings is 1. The Morgan fingerprint density at radius 3 is 2.71 bits per heavy atom. The molecule has 1 atom stereocenters. The van der Waals surface area contributed by atoms with Crippen LogP contribution in [0.2, 0.25) is 31.0 Å². The average molecular weight is 628 g/mol. The molecule has 13 nitrogen and oxygen atoms in total. The molecule has 0 fully saturated rings. The quantitative estimate of drug-likeness (QED) is 0.218. The molecule has 0 aliphatic carbocycles. The third kappa shape index (κ3) is 7.71. The summed E-state index contributed by atoms with van der Waals surface area (Å²) >= 11 is 6.00. The molecule has 1 unspecified atom stereocenters. The maximum Gasteiger partial charge on any atom is 0.416 e. The van der Waals surface area contributed by atoms with Gasteiger partial charge in [0.25, 0.3) is 10.2 Å². The van der Waals surface area contributed by atoms with Crippen LogP contribution >= 0.6 is 11.6 Å². The van der Waals surface area contributed by atoms with Crippen molar-refractivity contribution >= 4 is 41.8 Å². The van der Waals surface area contributed by atoms with E-state index < -0.39 is 42.1 Å². The first-order valence-electron chi connectivity index (χ1n) is 12.6. The molecule has 0 saturated carbocycles. The number of halogens is 2. The molecule has 3 aromatic rings.